The molecule has 0 saturated carbocycles. The normalized spacial score (nSPS) is 17.3. The van der Waals surface area contributed by atoms with E-state index in [1.165, 1.54) is 22.2 Å². The van der Waals surface area contributed by atoms with Crippen LogP contribution in [0.4, 0.5) is 0 Å². The molecule has 146 valence electrons. The van der Waals surface area contributed by atoms with Crippen LogP contribution in [0.15, 0.2) is 11.1 Å². The third kappa shape index (κ3) is 3.90. The monoisotopic (exact) mass is 391 g/mol. The molecule has 1 saturated heterocycles. The van der Waals surface area contributed by atoms with Gasteiger partial charge in [-0.1, -0.05) is 0 Å². The first kappa shape index (κ1) is 19.5. The van der Waals surface area contributed by atoms with E-state index in [0.29, 0.717) is 25.0 Å². The Morgan fingerprint density at radius 2 is 2.11 bits per heavy atom. The predicted molar refractivity (Wildman–Crippen MR) is 104 cm³/mol. The molecule has 2 aromatic rings. The number of carbonyl (C=O) groups is 2. The molecule has 0 N–H and O–H groups in total. The van der Waals surface area contributed by atoms with E-state index in [4.69, 9.17) is 4.74 Å². The second kappa shape index (κ2) is 8.21. The van der Waals surface area contributed by atoms with Gasteiger partial charge in [0.2, 0.25) is 5.91 Å². The van der Waals surface area contributed by atoms with E-state index < -0.39 is 6.04 Å². The third-order valence-electron chi connectivity index (χ3n) is 5.10. The lowest BCUT2D eigenvalue weighted by Gasteiger charge is -2.34. The molecule has 2 aromatic heterocycles. The van der Waals surface area contributed by atoms with Gasteiger partial charge in [-0.3, -0.25) is 14.2 Å². The standard InChI is InChI=1S/C19H25N3O4S/c1-4-26-19(25)14-7-5-6-9-22(14)15(23)8-10-21-11-20-17-16(18(21)24)12(2)13(3)27-17/h11,14H,4-10H2,1-3H3. The highest BCUT2D eigenvalue weighted by Crippen LogP contribution is 2.25. The van der Waals surface area contributed by atoms with E-state index in [-0.39, 0.29) is 30.4 Å². The summed E-state index contributed by atoms with van der Waals surface area (Å²) in [5.41, 5.74) is 0.835. The van der Waals surface area contributed by atoms with Crippen LogP contribution in [0.25, 0.3) is 10.2 Å². The van der Waals surface area contributed by atoms with Crippen LogP contribution in [0, 0.1) is 13.8 Å². The summed E-state index contributed by atoms with van der Waals surface area (Å²) >= 11 is 1.51. The van der Waals surface area contributed by atoms with Crippen molar-refractivity contribution >= 4 is 33.4 Å². The minimum absolute atomic E-state index is 0.116. The number of piperidine rings is 1. The fourth-order valence-corrected chi connectivity index (χ4v) is 4.49. The Kier molecular flexibility index (Phi) is 5.94. The molecule has 1 amide bonds. The fourth-order valence-electron chi connectivity index (χ4n) is 3.50. The van der Waals surface area contributed by atoms with Gasteiger partial charge in [0, 0.05) is 24.4 Å². The number of aromatic nitrogens is 2. The summed E-state index contributed by atoms with van der Waals surface area (Å²) in [6.45, 7) is 6.76. The number of ether oxygens (including phenoxy) is 1. The second-order valence-electron chi connectivity index (χ2n) is 6.81. The summed E-state index contributed by atoms with van der Waals surface area (Å²) in [7, 11) is 0. The Bertz CT molecular complexity index is 918. The first-order valence-electron chi connectivity index (χ1n) is 9.35. The van der Waals surface area contributed by atoms with Gasteiger partial charge in [0.1, 0.15) is 10.9 Å². The predicted octanol–water partition coefficient (Wildman–Crippen LogP) is 2.41. The number of hydrogen-bond donors (Lipinski definition) is 0. The van der Waals surface area contributed by atoms with E-state index in [9.17, 15) is 14.4 Å². The molecule has 0 aromatic carbocycles. The van der Waals surface area contributed by atoms with E-state index in [1.807, 2.05) is 13.8 Å². The van der Waals surface area contributed by atoms with Gasteiger partial charge >= 0.3 is 5.97 Å². The maximum Gasteiger partial charge on any atom is 0.328 e. The van der Waals surface area contributed by atoms with E-state index in [0.717, 1.165) is 28.1 Å². The van der Waals surface area contributed by atoms with Crippen LogP contribution in [0.5, 0.6) is 0 Å². The van der Waals surface area contributed by atoms with E-state index >= 15 is 0 Å². The molecular weight excluding hydrogens is 366 g/mol. The number of fused-ring (bicyclic) bond motifs is 1. The molecule has 3 rings (SSSR count). The molecule has 1 aliphatic heterocycles. The van der Waals surface area contributed by atoms with Crippen molar-refractivity contribution in [1.82, 2.24) is 14.5 Å². The summed E-state index contributed by atoms with van der Waals surface area (Å²) in [5, 5.41) is 0.634. The van der Waals surface area contributed by atoms with Crippen molar-refractivity contribution in [3.05, 3.63) is 27.1 Å². The zero-order valence-electron chi connectivity index (χ0n) is 16.0. The number of amides is 1. The van der Waals surface area contributed by atoms with Gasteiger partial charge in [-0.25, -0.2) is 9.78 Å². The molecule has 0 bridgehead atoms. The van der Waals surface area contributed by atoms with Crippen molar-refractivity contribution in [2.24, 2.45) is 0 Å². The first-order chi connectivity index (χ1) is 12.9. The number of rotatable bonds is 5. The van der Waals surface area contributed by atoms with Gasteiger partial charge < -0.3 is 9.64 Å². The number of esters is 1. The lowest BCUT2D eigenvalue weighted by Crippen LogP contribution is -2.49. The van der Waals surface area contributed by atoms with Crippen LogP contribution in [-0.2, 0) is 20.9 Å². The zero-order chi connectivity index (χ0) is 19.6. The maximum absolute atomic E-state index is 12.7. The van der Waals surface area contributed by atoms with Gasteiger partial charge in [0.25, 0.3) is 5.56 Å². The Labute approximate surface area is 161 Å². The topological polar surface area (TPSA) is 81.5 Å². The third-order valence-corrected chi connectivity index (χ3v) is 6.22. The number of likely N-dealkylation sites (tertiary alicyclic amines) is 1. The number of thiophene rings is 1. The SMILES string of the molecule is CCOC(=O)C1CCCCN1C(=O)CCn1cnc2sc(C)c(C)c2c1=O. The van der Waals surface area contributed by atoms with Crippen LogP contribution in [0.2, 0.25) is 0 Å². The molecule has 0 radical (unpaired) electrons. The second-order valence-corrected chi connectivity index (χ2v) is 8.01. The lowest BCUT2D eigenvalue weighted by atomic mass is 10.0. The summed E-state index contributed by atoms with van der Waals surface area (Å²) in [6.07, 6.45) is 4.08. The van der Waals surface area contributed by atoms with Gasteiger partial charge in [0.05, 0.1) is 18.3 Å². The van der Waals surface area contributed by atoms with Crippen LogP contribution < -0.4 is 5.56 Å². The van der Waals surface area contributed by atoms with Crippen molar-refractivity contribution < 1.29 is 14.3 Å². The summed E-state index contributed by atoms with van der Waals surface area (Å²) in [5.74, 6) is -0.465. The number of carbonyl (C=O) groups excluding carboxylic acids is 2. The van der Waals surface area contributed by atoms with Crippen LogP contribution in [-0.4, -0.2) is 45.5 Å². The lowest BCUT2D eigenvalue weighted by molar-refractivity contribution is -0.156. The van der Waals surface area contributed by atoms with E-state index in [2.05, 4.69) is 4.98 Å². The molecule has 1 fully saturated rings. The fraction of sp³-hybridized carbons (Fsp3) is 0.579. The maximum atomic E-state index is 12.7. The average Bonchev–Trinajstić information content (AvgIpc) is 2.96. The summed E-state index contributed by atoms with van der Waals surface area (Å²) < 4.78 is 6.60. The Morgan fingerprint density at radius 1 is 1.33 bits per heavy atom. The van der Waals surface area contributed by atoms with Gasteiger partial charge in [-0.05, 0) is 45.6 Å². The van der Waals surface area contributed by atoms with Gasteiger partial charge in [-0.15, -0.1) is 11.3 Å². The first-order valence-corrected chi connectivity index (χ1v) is 10.2. The van der Waals surface area contributed by atoms with Crippen molar-refractivity contribution in [3.8, 4) is 0 Å². The number of hydrogen-bond acceptors (Lipinski definition) is 6. The molecule has 0 spiro atoms. The smallest absolute Gasteiger partial charge is 0.328 e. The molecule has 7 nitrogen and oxygen atoms in total. The van der Waals surface area contributed by atoms with Crippen molar-refractivity contribution in [3.63, 3.8) is 0 Å². The summed E-state index contributed by atoms with van der Waals surface area (Å²) in [6, 6.07) is -0.509. The molecule has 1 atom stereocenters. The highest BCUT2D eigenvalue weighted by molar-refractivity contribution is 7.18. The minimum atomic E-state index is -0.509. The Hall–Kier alpha value is -2.22. The molecule has 3 heterocycles. The van der Waals surface area contributed by atoms with Gasteiger partial charge in [-0.2, -0.15) is 0 Å². The number of aryl methyl sites for hydroxylation is 3. The molecular formula is C19H25N3O4S. The van der Waals surface area contributed by atoms with Crippen molar-refractivity contribution in [2.45, 2.75) is 59.0 Å². The van der Waals surface area contributed by atoms with Crippen molar-refractivity contribution in [1.29, 1.82) is 0 Å². The highest BCUT2D eigenvalue weighted by Gasteiger charge is 2.32. The Morgan fingerprint density at radius 3 is 2.85 bits per heavy atom. The van der Waals surface area contributed by atoms with Gasteiger partial charge in [0.15, 0.2) is 0 Å². The number of nitrogens with zero attached hydrogens (tertiary/aromatic N) is 3. The summed E-state index contributed by atoms with van der Waals surface area (Å²) in [4.78, 5) is 45.4. The molecule has 1 unspecified atom stereocenters. The van der Waals surface area contributed by atoms with E-state index in [1.54, 1.807) is 11.8 Å². The quantitative estimate of drug-likeness (QED) is 0.731. The molecule has 27 heavy (non-hydrogen) atoms. The Balaban J connectivity index is 1.74. The van der Waals surface area contributed by atoms with Crippen LogP contribution >= 0.6 is 11.3 Å². The highest BCUT2D eigenvalue weighted by atomic mass is 32.1. The van der Waals surface area contributed by atoms with Crippen molar-refractivity contribution in [2.75, 3.05) is 13.2 Å². The zero-order valence-corrected chi connectivity index (χ0v) is 16.8. The largest absolute Gasteiger partial charge is 0.464 e. The minimum Gasteiger partial charge on any atom is -0.464 e. The molecule has 1 aliphatic rings. The van der Waals surface area contributed by atoms with Crippen LogP contribution in [0.3, 0.4) is 0 Å². The molecule has 0 aliphatic carbocycles. The van der Waals surface area contributed by atoms with Crippen LogP contribution in [0.1, 0.15) is 43.0 Å². The molecule has 8 heteroatoms. The average molecular weight is 391 g/mol.